The van der Waals surface area contributed by atoms with Crippen LogP contribution in [0.25, 0.3) is 0 Å². The number of rotatable bonds is 4. The number of hydrogen-bond donors (Lipinski definition) is 1. The third-order valence-electron chi connectivity index (χ3n) is 0.723. The van der Waals surface area contributed by atoms with Crippen LogP contribution in [-0.2, 0) is 9.36 Å². The van der Waals surface area contributed by atoms with Gasteiger partial charge in [0.05, 0.1) is 0 Å². The van der Waals surface area contributed by atoms with E-state index in [4.69, 9.17) is 16.5 Å². The molecule has 1 unspecified atom stereocenters. The first-order valence-electron chi connectivity index (χ1n) is 2.45. The molecule has 0 fully saturated rings. The van der Waals surface area contributed by atoms with Gasteiger partial charge in [0.1, 0.15) is 0 Å². The fraction of sp³-hybridized carbons (Fsp3) is 0.750. The number of halogens is 1. The van der Waals surface area contributed by atoms with Crippen LogP contribution in [0.1, 0.15) is 12.8 Å². The van der Waals surface area contributed by atoms with Gasteiger partial charge in [-0.2, -0.15) is 4.89 Å². The number of carbonyl (C=O) groups is 1. The molecule has 0 aromatic carbocycles. The summed E-state index contributed by atoms with van der Waals surface area (Å²) in [5, 5.41) is -0.452. The molecule has 0 saturated carbocycles. The molecule has 52 valence electrons. The smallest absolute Gasteiger partial charge is 0.281 e. The molecule has 0 heterocycles. The second-order valence-electron chi connectivity index (χ2n) is 1.53. The Morgan fingerprint density at radius 2 is 2.22 bits per heavy atom. The highest BCUT2D eigenvalue weighted by Gasteiger charge is 2.09. The summed E-state index contributed by atoms with van der Waals surface area (Å²) in [4.78, 5) is 18.2. The Bertz CT molecular complexity index is 111. The maximum atomic E-state index is 10.0. The number of hydrogen-bond acceptors (Lipinski definition) is 2. The maximum absolute atomic E-state index is 10.0. The zero-order valence-corrected chi connectivity index (χ0v) is 6.36. The van der Waals surface area contributed by atoms with Crippen LogP contribution in [0.2, 0.25) is 0 Å². The van der Waals surface area contributed by atoms with Crippen LogP contribution >= 0.6 is 19.6 Å². The lowest BCUT2D eigenvalue weighted by Gasteiger charge is -1.81. The van der Waals surface area contributed by atoms with Crippen LogP contribution in [0.3, 0.4) is 0 Å². The Morgan fingerprint density at radius 3 is 2.56 bits per heavy atom. The van der Waals surface area contributed by atoms with E-state index in [2.05, 4.69) is 0 Å². The summed E-state index contributed by atoms with van der Waals surface area (Å²) >= 11 is 4.95. The molecule has 1 atom stereocenters. The Labute approximate surface area is 58.9 Å². The first kappa shape index (κ1) is 9.02. The minimum absolute atomic E-state index is 0.161. The third-order valence-corrected chi connectivity index (χ3v) is 1.61. The monoisotopic (exact) mass is 169 g/mol. The minimum atomic E-state index is -2.09. The highest BCUT2D eigenvalue weighted by atomic mass is 35.5. The van der Waals surface area contributed by atoms with Crippen molar-refractivity contribution >= 4 is 24.9 Å². The molecule has 0 aromatic heterocycles. The van der Waals surface area contributed by atoms with Gasteiger partial charge >= 0.3 is 8.03 Å². The lowest BCUT2D eigenvalue weighted by Crippen LogP contribution is -1.86. The van der Waals surface area contributed by atoms with Crippen LogP contribution in [-0.4, -0.2) is 16.3 Å². The van der Waals surface area contributed by atoms with Gasteiger partial charge in [-0.3, -0.25) is 4.79 Å². The molecule has 3 nitrogen and oxygen atoms in total. The van der Waals surface area contributed by atoms with Crippen molar-refractivity contribution in [3.8, 4) is 0 Å². The van der Waals surface area contributed by atoms with Gasteiger partial charge in [-0.05, 0) is 16.2 Å². The van der Waals surface area contributed by atoms with Crippen LogP contribution < -0.4 is 0 Å². The molecule has 0 aromatic rings. The van der Waals surface area contributed by atoms with E-state index in [-0.39, 0.29) is 12.6 Å². The Balaban J connectivity index is 3.10. The van der Waals surface area contributed by atoms with Crippen molar-refractivity contribution in [3.05, 3.63) is 0 Å². The number of carbonyl (C=O) groups excluding carboxylic acids is 1. The zero-order valence-electron chi connectivity index (χ0n) is 4.71. The molecular weight excluding hydrogens is 162 g/mol. The predicted molar refractivity (Wildman–Crippen MR) is 34.8 cm³/mol. The van der Waals surface area contributed by atoms with Gasteiger partial charge in [-0.1, -0.05) is 0 Å². The molecule has 0 radical (unpaired) electrons. The summed E-state index contributed by atoms with van der Waals surface area (Å²) in [6.45, 7) is 0. The van der Waals surface area contributed by atoms with E-state index in [9.17, 15) is 9.36 Å². The van der Waals surface area contributed by atoms with Crippen molar-refractivity contribution in [1.82, 2.24) is 0 Å². The lowest BCUT2D eigenvalue weighted by molar-refractivity contribution is -0.111. The van der Waals surface area contributed by atoms with Crippen LogP contribution in [0.4, 0.5) is 0 Å². The fourth-order valence-corrected chi connectivity index (χ4v) is 0.916. The van der Waals surface area contributed by atoms with E-state index in [0.29, 0.717) is 6.42 Å². The van der Waals surface area contributed by atoms with Gasteiger partial charge in [-0.25, -0.2) is 0 Å². The SMILES string of the molecule is O=C(Cl)CCC[P+](=O)O. The van der Waals surface area contributed by atoms with E-state index in [1.165, 1.54) is 0 Å². The van der Waals surface area contributed by atoms with Gasteiger partial charge in [0, 0.05) is 12.8 Å². The van der Waals surface area contributed by atoms with Crippen LogP contribution in [0.5, 0.6) is 0 Å². The second kappa shape index (κ2) is 4.86. The summed E-state index contributed by atoms with van der Waals surface area (Å²) in [7, 11) is -2.09. The topological polar surface area (TPSA) is 54.4 Å². The van der Waals surface area contributed by atoms with E-state index >= 15 is 0 Å². The van der Waals surface area contributed by atoms with Gasteiger partial charge in [0.25, 0.3) is 0 Å². The quantitative estimate of drug-likeness (QED) is 0.509. The Morgan fingerprint density at radius 1 is 1.67 bits per heavy atom. The first-order chi connectivity index (χ1) is 4.13. The van der Waals surface area contributed by atoms with Crippen molar-refractivity contribution in [3.63, 3.8) is 0 Å². The molecular formula is C4H7ClO3P+. The van der Waals surface area contributed by atoms with Crippen molar-refractivity contribution in [2.45, 2.75) is 12.8 Å². The second-order valence-corrected chi connectivity index (χ2v) is 3.11. The Kier molecular flexibility index (Phi) is 4.87. The molecule has 0 bridgehead atoms. The molecule has 0 saturated heterocycles. The molecule has 0 rings (SSSR count). The standard InChI is InChI=1S/C4H6ClO3P/c5-4(6)2-1-3-9(7)8/h1-3H2/p+1. The van der Waals surface area contributed by atoms with E-state index in [1.54, 1.807) is 0 Å². The molecule has 0 aliphatic heterocycles. The highest BCUT2D eigenvalue weighted by molar-refractivity contribution is 7.37. The van der Waals surface area contributed by atoms with Crippen molar-refractivity contribution in [2.75, 3.05) is 6.16 Å². The van der Waals surface area contributed by atoms with E-state index in [0.717, 1.165) is 0 Å². The summed E-state index contributed by atoms with van der Waals surface area (Å²) < 4.78 is 9.97. The molecule has 0 spiro atoms. The normalized spacial score (nSPS) is 11.1. The highest BCUT2D eigenvalue weighted by Crippen LogP contribution is 2.15. The summed E-state index contributed by atoms with van der Waals surface area (Å²) in [6.07, 6.45) is 0.741. The molecule has 5 heteroatoms. The molecule has 1 N–H and O–H groups in total. The molecule has 0 amide bonds. The maximum Gasteiger partial charge on any atom is 0.505 e. The molecule has 0 aliphatic carbocycles. The van der Waals surface area contributed by atoms with Gasteiger partial charge in [0.15, 0.2) is 6.16 Å². The van der Waals surface area contributed by atoms with Crippen molar-refractivity contribution < 1.29 is 14.3 Å². The van der Waals surface area contributed by atoms with Crippen LogP contribution in [0.15, 0.2) is 0 Å². The summed E-state index contributed by atoms with van der Waals surface area (Å²) in [5.74, 6) is 0. The average molecular weight is 170 g/mol. The summed E-state index contributed by atoms with van der Waals surface area (Å²) in [6, 6.07) is 0. The molecule has 0 aliphatic rings. The molecule has 9 heavy (non-hydrogen) atoms. The van der Waals surface area contributed by atoms with E-state index in [1.807, 2.05) is 0 Å². The van der Waals surface area contributed by atoms with Gasteiger partial charge in [0.2, 0.25) is 5.24 Å². The van der Waals surface area contributed by atoms with Gasteiger partial charge in [-0.15, -0.1) is 0 Å². The average Bonchev–Trinajstić information content (AvgIpc) is 1.63. The minimum Gasteiger partial charge on any atom is -0.281 e. The van der Waals surface area contributed by atoms with Gasteiger partial charge < -0.3 is 0 Å². The fourth-order valence-electron chi connectivity index (χ4n) is 0.353. The first-order valence-corrected chi connectivity index (χ1v) is 4.22. The predicted octanol–water partition coefficient (Wildman–Crippen LogP) is 1.27. The lowest BCUT2D eigenvalue weighted by atomic mass is 10.4. The zero-order chi connectivity index (χ0) is 7.28. The summed E-state index contributed by atoms with van der Waals surface area (Å²) in [5.41, 5.74) is 0. The van der Waals surface area contributed by atoms with Crippen molar-refractivity contribution in [1.29, 1.82) is 0 Å². The Hall–Kier alpha value is 0.0200. The van der Waals surface area contributed by atoms with E-state index < -0.39 is 13.3 Å². The largest absolute Gasteiger partial charge is 0.505 e. The third kappa shape index (κ3) is 8.02. The van der Waals surface area contributed by atoms with Crippen LogP contribution in [0, 0.1) is 0 Å². The van der Waals surface area contributed by atoms with Crippen molar-refractivity contribution in [2.24, 2.45) is 0 Å².